The van der Waals surface area contributed by atoms with Crippen molar-refractivity contribution in [2.24, 2.45) is 5.73 Å². The fraction of sp³-hybridized carbons (Fsp3) is 0.100. The number of aromatic nitrogens is 3. The zero-order chi connectivity index (χ0) is 20.9. The van der Waals surface area contributed by atoms with E-state index in [4.69, 9.17) is 10.2 Å². The number of furan rings is 1. The normalized spacial score (nSPS) is 10.8. The van der Waals surface area contributed by atoms with Crippen LogP contribution in [0.3, 0.4) is 0 Å². The maximum atomic E-state index is 12.4. The second-order valence-corrected chi connectivity index (χ2v) is 8.06. The monoisotopic (exact) mass is 439 g/mol. The lowest BCUT2D eigenvalue weighted by atomic mass is 10.2. The summed E-state index contributed by atoms with van der Waals surface area (Å²) < 4.78 is 7.39. The summed E-state index contributed by atoms with van der Waals surface area (Å²) in [4.78, 5) is 23.8. The highest BCUT2D eigenvalue weighted by atomic mass is 32.2. The van der Waals surface area contributed by atoms with Crippen LogP contribution in [0.25, 0.3) is 11.4 Å². The summed E-state index contributed by atoms with van der Waals surface area (Å²) in [5.41, 5.74) is 6.53. The minimum Gasteiger partial charge on any atom is -0.467 e. The lowest BCUT2D eigenvalue weighted by molar-refractivity contribution is -0.113. The van der Waals surface area contributed by atoms with Crippen molar-refractivity contribution in [1.82, 2.24) is 14.8 Å². The fourth-order valence-electron chi connectivity index (χ4n) is 2.79. The van der Waals surface area contributed by atoms with E-state index in [1.54, 1.807) is 17.7 Å². The molecule has 3 heterocycles. The molecule has 2 amide bonds. The molecule has 4 rings (SSSR count). The van der Waals surface area contributed by atoms with Crippen LogP contribution in [-0.2, 0) is 11.3 Å². The smallest absolute Gasteiger partial charge is 0.251 e. The molecule has 10 heteroatoms. The first-order valence-electron chi connectivity index (χ1n) is 8.93. The van der Waals surface area contributed by atoms with Crippen LogP contribution in [0.2, 0.25) is 0 Å². The van der Waals surface area contributed by atoms with E-state index >= 15 is 0 Å². The van der Waals surface area contributed by atoms with Gasteiger partial charge in [0.1, 0.15) is 10.8 Å². The zero-order valence-electron chi connectivity index (χ0n) is 15.6. The summed E-state index contributed by atoms with van der Waals surface area (Å²) in [7, 11) is 0. The van der Waals surface area contributed by atoms with E-state index in [2.05, 4.69) is 15.5 Å². The number of hydrogen-bond acceptors (Lipinski definition) is 7. The van der Waals surface area contributed by atoms with E-state index < -0.39 is 5.91 Å². The molecule has 3 N–H and O–H groups in total. The molecule has 0 radical (unpaired) electrons. The molecule has 0 saturated carbocycles. The summed E-state index contributed by atoms with van der Waals surface area (Å²) in [6.45, 7) is 0.435. The molecule has 0 unspecified atom stereocenters. The topological polar surface area (TPSA) is 116 Å². The molecule has 1 aromatic carbocycles. The van der Waals surface area contributed by atoms with Crippen LogP contribution >= 0.6 is 23.1 Å². The summed E-state index contributed by atoms with van der Waals surface area (Å²) in [5.74, 6) is 0.692. The van der Waals surface area contributed by atoms with Crippen LogP contribution in [0.1, 0.15) is 16.1 Å². The third-order valence-corrected chi connectivity index (χ3v) is 5.96. The summed E-state index contributed by atoms with van der Waals surface area (Å²) in [5, 5.41) is 14.0. The van der Waals surface area contributed by atoms with Crippen molar-refractivity contribution < 1.29 is 14.0 Å². The minimum absolute atomic E-state index is 0.0984. The highest BCUT2D eigenvalue weighted by Gasteiger charge is 2.18. The summed E-state index contributed by atoms with van der Waals surface area (Å²) in [6.07, 6.45) is 1.61. The molecular weight excluding hydrogens is 422 g/mol. The summed E-state index contributed by atoms with van der Waals surface area (Å²) >= 11 is 2.50. The van der Waals surface area contributed by atoms with E-state index in [1.165, 1.54) is 23.1 Å². The van der Waals surface area contributed by atoms with Gasteiger partial charge in [0, 0.05) is 5.56 Å². The van der Waals surface area contributed by atoms with E-state index in [1.807, 2.05) is 47.0 Å². The molecule has 0 bridgehead atoms. The van der Waals surface area contributed by atoms with Gasteiger partial charge in [0.05, 0.1) is 24.1 Å². The third kappa shape index (κ3) is 4.44. The molecule has 0 atom stereocenters. The number of hydrogen-bond donors (Lipinski definition) is 2. The Kier molecular flexibility index (Phi) is 5.96. The molecule has 0 aliphatic carbocycles. The van der Waals surface area contributed by atoms with Crippen LogP contribution in [-0.4, -0.2) is 32.3 Å². The molecule has 0 spiro atoms. The van der Waals surface area contributed by atoms with Gasteiger partial charge in [-0.1, -0.05) is 42.1 Å². The molecule has 0 fully saturated rings. The number of nitrogens with zero attached hydrogens (tertiary/aromatic N) is 3. The Labute approximate surface area is 180 Å². The van der Waals surface area contributed by atoms with Crippen LogP contribution in [0.15, 0.2) is 69.7 Å². The molecule has 30 heavy (non-hydrogen) atoms. The average Bonchev–Trinajstić information content (AvgIpc) is 3.49. The second kappa shape index (κ2) is 8.97. The predicted molar refractivity (Wildman–Crippen MR) is 115 cm³/mol. The van der Waals surface area contributed by atoms with Crippen LogP contribution in [0.4, 0.5) is 5.00 Å². The fourth-order valence-corrected chi connectivity index (χ4v) is 4.34. The molecule has 3 aromatic heterocycles. The van der Waals surface area contributed by atoms with Gasteiger partial charge in [-0.2, -0.15) is 0 Å². The third-order valence-electron chi connectivity index (χ3n) is 4.16. The zero-order valence-corrected chi connectivity index (χ0v) is 17.3. The first kappa shape index (κ1) is 19.9. The van der Waals surface area contributed by atoms with Crippen molar-refractivity contribution >= 4 is 39.9 Å². The first-order chi connectivity index (χ1) is 14.6. The first-order valence-corrected chi connectivity index (χ1v) is 10.8. The molecule has 8 nitrogen and oxygen atoms in total. The molecule has 0 aliphatic heterocycles. The number of amides is 2. The Morgan fingerprint density at radius 2 is 1.97 bits per heavy atom. The number of carbonyl (C=O) groups is 2. The molecule has 0 saturated heterocycles. The lowest BCUT2D eigenvalue weighted by Gasteiger charge is -2.09. The van der Waals surface area contributed by atoms with E-state index in [0.717, 1.165) is 11.3 Å². The van der Waals surface area contributed by atoms with Crippen LogP contribution in [0, 0.1) is 0 Å². The maximum Gasteiger partial charge on any atom is 0.251 e. The number of benzene rings is 1. The summed E-state index contributed by atoms with van der Waals surface area (Å²) in [6, 6.07) is 15.0. The van der Waals surface area contributed by atoms with Crippen LogP contribution in [0.5, 0.6) is 0 Å². The highest BCUT2D eigenvalue weighted by Crippen LogP contribution is 2.26. The minimum atomic E-state index is -0.579. The largest absolute Gasteiger partial charge is 0.467 e. The standard InChI is InChI=1S/C20H17N5O3S2/c21-17(27)15-8-10-29-19(15)22-16(26)12-30-20-24-23-18(13-5-2-1-3-6-13)25(20)11-14-7-4-9-28-14/h1-10H,11-12H2,(H2,21,27)(H,22,26). The Hall–Kier alpha value is -3.37. The highest BCUT2D eigenvalue weighted by molar-refractivity contribution is 7.99. The van der Waals surface area contributed by atoms with Gasteiger partial charge in [0.15, 0.2) is 11.0 Å². The number of nitrogens with one attached hydrogen (secondary N) is 1. The van der Waals surface area contributed by atoms with Crippen molar-refractivity contribution in [2.45, 2.75) is 11.7 Å². The van der Waals surface area contributed by atoms with Crippen molar-refractivity contribution in [1.29, 1.82) is 0 Å². The Morgan fingerprint density at radius 3 is 2.70 bits per heavy atom. The lowest BCUT2D eigenvalue weighted by Crippen LogP contribution is -2.18. The molecule has 0 aliphatic rings. The van der Waals surface area contributed by atoms with E-state index in [0.29, 0.717) is 28.1 Å². The van der Waals surface area contributed by atoms with Gasteiger partial charge in [-0.15, -0.1) is 21.5 Å². The quantitative estimate of drug-likeness (QED) is 0.406. The van der Waals surface area contributed by atoms with Gasteiger partial charge in [0.2, 0.25) is 5.91 Å². The number of carbonyl (C=O) groups excluding carboxylic acids is 2. The number of primary amides is 1. The Morgan fingerprint density at radius 1 is 1.13 bits per heavy atom. The van der Waals surface area contributed by atoms with Crippen molar-refractivity contribution in [3.8, 4) is 11.4 Å². The number of thiophene rings is 1. The molecule has 152 valence electrons. The number of nitrogens with two attached hydrogens (primary N) is 1. The van der Waals surface area contributed by atoms with E-state index in [9.17, 15) is 9.59 Å². The number of rotatable bonds is 8. The van der Waals surface area contributed by atoms with Gasteiger partial charge in [-0.25, -0.2) is 0 Å². The van der Waals surface area contributed by atoms with Crippen molar-refractivity contribution in [2.75, 3.05) is 11.1 Å². The van der Waals surface area contributed by atoms with Gasteiger partial charge < -0.3 is 15.5 Å². The molecule has 4 aromatic rings. The predicted octanol–water partition coefficient (Wildman–Crippen LogP) is 3.48. The van der Waals surface area contributed by atoms with Crippen molar-refractivity contribution in [3.63, 3.8) is 0 Å². The maximum absolute atomic E-state index is 12.4. The van der Waals surface area contributed by atoms with Crippen LogP contribution < -0.4 is 11.1 Å². The van der Waals surface area contributed by atoms with Gasteiger partial charge in [0.25, 0.3) is 5.91 Å². The Bertz CT molecular complexity index is 1150. The number of thioether (sulfide) groups is 1. The van der Waals surface area contributed by atoms with Gasteiger partial charge >= 0.3 is 0 Å². The van der Waals surface area contributed by atoms with Gasteiger partial charge in [-0.05, 0) is 23.6 Å². The number of anilines is 1. The molecular formula is C20H17N5O3S2. The second-order valence-electron chi connectivity index (χ2n) is 6.20. The van der Waals surface area contributed by atoms with E-state index in [-0.39, 0.29) is 11.7 Å². The average molecular weight is 440 g/mol. The van der Waals surface area contributed by atoms with Crippen molar-refractivity contribution in [3.05, 3.63) is 71.5 Å². The van der Waals surface area contributed by atoms with Gasteiger partial charge in [-0.3, -0.25) is 14.2 Å². The SMILES string of the molecule is NC(=O)c1ccsc1NC(=O)CSc1nnc(-c2ccccc2)n1Cc1ccco1. The Balaban J connectivity index is 1.52.